The van der Waals surface area contributed by atoms with Crippen LogP contribution >= 0.6 is 0 Å². The number of amides is 1. The molecule has 0 saturated heterocycles. The molecule has 0 fully saturated rings. The van der Waals surface area contributed by atoms with Crippen molar-refractivity contribution in [3.05, 3.63) is 42.4 Å². The summed E-state index contributed by atoms with van der Waals surface area (Å²) in [6, 6.07) is 9.99. The number of aromatic amines is 1. The molecular formula is C14H18N4O. The van der Waals surface area contributed by atoms with Crippen LogP contribution in [0.5, 0.6) is 0 Å². The summed E-state index contributed by atoms with van der Waals surface area (Å²) in [5, 5.41) is 2.84. The van der Waals surface area contributed by atoms with Gasteiger partial charge in [0, 0.05) is 7.05 Å². The van der Waals surface area contributed by atoms with Crippen LogP contribution in [0.4, 0.5) is 0 Å². The summed E-state index contributed by atoms with van der Waals surface area (Å²) < 4.78 is 0. The van der Waals surface area contributed by atoms with Crippen LogP contribution in [0.2, 0.25) is 0 Å². The summed E-state index contributed by atoms with van der Waals surface area (Å²) in [6.07, 6.45) is 1.79. The SMILES string of the molecule is CNCC(=O)N(C)Cc1ncc(-c2ccccc2)[nH]1. The first-order valence-corrected chi connectivity index (χ1v) is 6.18. The first kappa shape index (κ1) is 13.3. The summed E-state index contributed by atoms with van der Waals surface area (Å²) in [5.41, 5.74) is 2.05. The maximum absolute atomic E-state index is 11.6. The Labute approximate surface area is 112 Å². The Kier molecular flexibility index (Phi) is 4.30. The molecule has 5 nitrogen and oxygen atoms in total. The van der Waals surface area contributed by atoms with Gasteiger partial charge in [0.1, 0.15) is 5.82 Å². The third kappa shape index (κ3) is 3.42. The number of imidazole rings is 1. The van der Waals surface area contributed by atoms with Crippen molar-refractivity contribution in [2.24, 2.45) is 0 Å². The van der Waals surface area contributed by atoms with Crippen molar-refractivity contribution in [1.29, 1.82) is 0 Å². The number of nitrogens with one attached hydrogen (secondary N) is 2. The molecule has 1 aromatic heterocycles. The lowest BCUT2D eigenvalue weighted by Crippen LogP contribution is -2.33. The maximum Gasteiger partial charge on any atom is 0.236 e. The molecule has 0 spiro atoms. The van der Waals surface area contributed by atoms with Gasteiger partial charge in [-0.05, 0) is 12.6 Å². The van der Waals surface area contributed by atoms with Crippen molar-refractivity contribution in [1.82, 2.24) is 20.2 Å². The van der Waals surface area contributed by atoms with E-state index in [-0.39, 0.29) is 5.91 Å². The third-order valence-electron chi connectivity index (χ3n) is 2.85. The molecule has 19 heavy (non-hydrogen) atoms. The normalized spacial score (nSPS) is 10.4. The number of H-pyrrole nitrogens is 1. The zero-order valence-electron chi connectivity index (χ0n) is 11.2. The highest BCUT2D eigenvalue weighted by atomic mass is 16.2. The number of carbonyl (C=O) groups is 1. The molecule has 0 saturated carbocycles. The average Bonchev–Trinajstić information content (AvgIpc) is 2.88. The highest BCUT2D eigenvalue weighted by Crippen LogP contribution is 2.16. The molecule has 1 amide bonds. The molecule has 100 valence electrons. The van der Waals surface area contributed by atoms with Gasteiger partial charge in [-0.25, -0.2) is 4.98 Å². The maximum atomic E-state index is 11.6. The van der Waals surface area contributed by atoms with Gasteiger partial charge in [-0.1, -0.05) is 30.3 Å². The first-order valence-electron chi connectivity index (χ1n) is 6.18. The number of hydrogen-bond acceptors (Lipinski definition) is 3. The smallest absolute Gasteiger partial charge is 0.236 e. The minimum atomic E-state index is 0.0418. The number of carbonyl (C=O) groups excluding carboxylic acids is 1. The monoisotopic (exact) mass is 258 g/mol. The summed E-state index contributed by atoms with van der Waals surface area (Å²) >= 11 is 0. The quantitative estimate of drug-likeness (QED) is 0.848. The van der Waals surface area contributed by atoms with E-state index in [1.807, 2.05) is 30.3 Å². The van der Waals surface area contributed by atoms with Crippen LogP contribution < -0.4 is 5.32 Å². The minimum absolute atomic E-state index is 0.0418. The number of benzene rings is 1. The van der Waals surface area contributed by atoms with E-state index in [0.29, 0.717) is 13.1 Å². The van der Waals surface area contributed by atoms with Gasteiger partial charge in [0.05, 0.1) is 25.0 Å². The second kappa shape index (κ2) is 6.15. The van der Waals surface area contributed by atoms with Gasteiger partial charge in [0.25, 0.3) is 0 Å². The number of rotatable bonds is 5. The van der Waals surface area contributed by atoms with Crippen LogP contribution in [-0.2, 0) is 11.3 Å². The fourth-order valence-corrected chi connectivity index (χ4v) is 1.81. The number of hydrogen-bond donors (Lipinski definition) is 2. The van der Waals surface area contributed by atoms with Crippen molar-refractivity contribution >= 4 is 5.91 Å². The van der Waals surface area contributed by atoms with Crippen LogP contribution in [-0.4, -0.2) is 41.4 Å². The lowest BCUT2D eigenvalue weighted by Gasteiger charge is -2.15. The predicted octanol–water partition coefficient (Wildman–Crippen LogP) is 1.25. The standard InChI is InChI=1S/C14H18N4O/c1-15-9-14(19)18(2)10-13-16-8-12(17-13)11-6-4-3-5-7-11/h3-8,15H,9-10H2,1-2H3,(H,16,17). The summed E-state index contributed by atoms with van der Waals surface area (Å²) in [5.74, 6) is 0.825. The molecule has 1 heterocycles. The van der Waals surface area contributed by atoms with Gasteiger partial charge in [0.15, 0.2) is 0 Å². The summed E-state index contributed by atoms with van der Waals surface area (Å²) in [7, 11) is 3.52. The average molecular weight is 258 g/mol. The Balaban J connectivity index is 2.04. The Hall–Kier alpha value is -2.14. The lowest BCUT2D eigenvalue weighted by molar-refractivity contribution is -0.129. The van der Waals surface area contributed by atoms with Gasteiger partial charge in [-0.2, -0.15) is 0 Å². The largest absolute Gasteiger partial charge is 0.341 e. The van der Waals surface area contributed by atoms with E-state index in [9.17, 15) is 4.79 Å². The molecule has 0 aliphatic rings. The van der Waals surface area contributed by atoms with Crippen LogP contribution in [0.1, 0.15) is 5.82 Å². The first-order chi connectivity index (χ1) is 9.20. The predicted molar refractivity (Wildman–Crippen MR) is 74.4 cm³/mol. The van der Waals surface area contributed by atoms with E-state index in [4.69, 9.17) is 0 Å². The van der Waals surface area contributed by atoms with E-state index in [1.54, 1.807) is 25.2 Å². The van der Waals surface area contributed by atoms with Crippen LogP contribution in [0.15, 0.2) is 36.5 Å². The van der Waals surface area contributed by atoms with Crippen LogP contribution in [0.3, 0.4) is 0 Å². The van der Waals surface area contributed by atoms with E-state index >= 15 is 0 Å². The van der Waals surface area contributed by atoms with Gasteiger partial charge in [-0.15, -0.1) is 0 Å². The van der Waals surface area contributed by atoms with E-state index < -0.39 is 0 Å². The van der Waals surface area contributed by atoms with Crippen molar-refractivity contribution in [2.75, 3.05) is 20.6 Å². The van der Waals surface area contributed by atoms with E-state index in [2.05, 4.69) is 15.3 Å². The lowest BCUT2D eigenvalue weighted by atomic mass is 10.2. The molecular weight excluding hydrogens is 240 g/mol. The van der Waals surface area contributed by atoms with Crippen molar-refractivity contribution in [3.8, 4) is 11.3 Å². The fourth-order valence-electron chi connectivity index (χ4n) is 1.81. The topological polar surface area (TPSA) is 61.0 Å². The van der Waals surface area contributed by atoms with Crippen molar-refractivity contribution in [2.45, 2.75) is 6.54 Å². The second-order valence-electron chi connectivity index (χ2n) is 4.39. The Morgan fingerprint density at radius 1 is 1.37 bits per heavy atom. The van der Waals surface area contributed by atoms with E-state index in [0.717, 1.165) is 17.1 Å². The zero-order chi connectivity index (χ0) is 13.7. The minimum Gasteiger partial charge on any atom is -0.341 e. The molecule has 1 aromatic carbocycles. The molecule has 0 unspecified atom stereocenters. The van der Waals surface area contributed by atoms with Gasteiger partial charge in [-0.3, -0.25) is 4.79 Å². The highest BCUT2D eigenvalue weighted by molar-refractivity contribution is 5.77. The number of nitrogens with zero attached hydrogens (tertiary/aromatic N) is 2. The van der Waals surface area contributed by atoms with Gasteiger partial charge in [0.2, 0.25) is 5.91 Å². The highest BCUT2D eigenvalue weighted by Gasteiger charge is 2.10. The molecule has 0 bridgehead atoms. The molecule has 2 rings (SSSR count). The Morgan fingerprint density at radius 3 is 2.79 bits per heavy atom. The molecule has 2 aromatic rings. The molecule has 0 aliphatic heterocycles. The molecule has 0 atom stereocenters. The molecule has 5 heteroatoms. The number of likely N-dealkylation sites (N-methyl/N-ethyl adjacent to an activating group) is 2. The molecule has 0 radical (unpaired) electrons. The Bertz CT molecular complexity index is 535. The molecule has 2 N–H and O–H groups in total. The fraction of sp³-hybridized carbons (Fsp3) is 0.286. The van der Waals surface area contributed by atoms with Crippen LogP contribution in [0.25, 0.3) is 11.3 Å². The van der Waals surface area contributed by atoms with E-state index in [1.165, 1.54) is 0 Å². The second-order valence-corrected chi connectivity index (χ2v) is 4.39. The number of aromatic nitrogens is 2. The van der Waals surface area contributed by atoms with Crippen LogP contribution in [0, 0.1) is 0 Å². The zero-order valence-corrected chi connectivity index (χ0v) is 11.2. The van der Waals surface area contributed by atoms with Crippen molar-refractivity contribution < 1.29 is 4.79 Å². The van der Waals surface area contributed by atoms with Gasteiger partial charge >= 0.3 is 0 Å². The third-order valence-corrected chi connectivity index (χ3v) is 2.85. The van der Waals surface area contributed by atoms with Gasteiger partial charge < -0.3 is 15.2 Å². The molecule has 0 aliphatic carbocycles. The summed E-state index contributed by atoms with van der Waals surface area (Å²) in [6.45, 7) is 0.816. The Morgan fingerprint density at radius 2 is 2.11 bits per heavy atom. The van der Waals surface area contributed by atoms with Crippen molar-refractivity contribution in [3.63, 3.8) is 0 Å². The summed E-state index contributed by atoms with van der Waals surface area (Å²) in [4.78, 5) is 20.8.